The summed E-state index contributed by atoms with van der Waals surface area (Å²) in [6.45, 7) is 0.579. The lowest BCUT2D eigenvalue weighted by Gasteiger charge is -2.57. The maximum atomic E-state index is 13.1. The zero-order chi connectivity index (χ0) is 19.4. The molecule has 0 spiro atoms. The van der Waals surface area contributed by atoms with Crippen LogP contribution < -0.4 is 9.46 Å². The molecule has 1 aromatic rings. The molecule has 1 N–H and O–H groups in total. The molecular formula is C23H33NO3S. The van der Waals surface area contributed by atoms with Gasteiger partial charge in [-0.25, -0.2) is 13.1 Å². The van der Waals surface area contributed by atoms with Gasteiger partial charge in [0.25, 0.3) is 0 Å². The molecule has 5 aliphatic carbocycles. The number of fused-ring (bicyclic) bond motifs is 1. The molecule has 4 fully saturated rings. The highest BCUT2D eigenvalue weighted by atomic mass is 32.2. The molecule has 4 nitrogen and oxygen atoms in total. The number of nitrogens with one attached hydrogen (secondary N) is 1. The number of rotatable bonds is 6. The van der Waals surface area contributed by atoms with Gasteiger partial charge in [0.15, 0.2) is 0 Å². The van der Waals surface area contributed by atoms with E-state index in [1.807, 2.05) is 6.07 Å². The van der Waals surface area contributed by atoms with Crippen LogP contribution >= 0.6 is 0 Å². The minimum atomic E-state index is -3.47. The molecule has 28 heavy (non-hydrogen) atoms. The molecular weight excluding hydrogens is 370 g/mol. The topological polar surface area (TPSA) is 55.4 Å². The summed E-state index contributed by atoms with van der Waals surface area (Å²) in [4.78, 5) is 0.480. The molecule has 5 aliphatic rings. The molecule has 0 radical (unpaired) electrons. The monoisotopic (exact) mass is 403 g/mol. The Labute approximate surface area is 169 Å². The quantitative estimate of drug-likeness (QED) is 0.763. The molecule has 1 aromatic carbocycles. The highest BCUT2D eigenvalue weighted by Crippen LogP contribution is 2.61. The molecule has 0 saturated heterocycles. The smallest absolute Gasteiger partial charge is 0.240 e. The van der Waals surface area contributed by atoms with Crippen LogP contribution in [0.15, 0.2) is 17.0 Å². The summed E-state index contributed by atoms with van der Waals surface area (Å²) in [7, 11) is -1.80. The number of hydrogen-bond acceptors (Lipinski definition) is 3. The van der Waals surface area contributed by atoms with Crippen molar-refractivity contribution >= 4 is 10.0 Å². The number of benzene rings is 1. The Balaban J connectivity index is 1.31. The fraction of sp³-hybridized carbons (Fsp3) is 0.739. The molecule has 4 saturated carbocycles. The molecule has 4 bridgehead atoms. The number of methoxy groups -OCH3 is 1. The molecule has 0 aliphatic heterocycles. The van der Waals surface area contributed by atoms with Gasteiger partial charge in [0.2, 0.25) is 10.0 Å². The summed E-state index contributed by atoms with van der Waals surface area (Å²) < 4.78 is 34.7. The van der Waals surface area contributed by atoms with E-state index in [4.69, 9.17) is 4.74 Å². The van der Waals surface area contributed by atoms with E-state index in [9.17, 15) is 8.42 Å². The lowest BCUT2D eigenvalue weighted by Crippen LogP contribution is -2.47. The van der Waals surface area contributed by atoms with Crippen molar-refractivity contribution in [2.24, 2.45) is 23.2 Å². The van der Waals surface area contributed by atoms with E-state index < -0.39 is 10.0 Å². The van der Waals surface area contributed by atoms with Crippen LogP contribution in [0.5, 0.6) is 5.75 Å². The molecule has 0 amide bonds. The van der Waals surface area contributed by atoms with Gasteiger partial charge in [0.05, 0.1) is 12.0 Å². The third kappa shape index (κ3) is 3.28. The summed E-state index contributed by atoms with van der Waals surface area (Å²) in [6.07, 6.45) is 13.2. The van der Waals surface area contributed by atoms with E-state index in [2.05, 4.69) is 4.72 Å². The van der Waals surface area contributed by atoms with E-state index >= 15 is 0 Å². The third-order valence-electron chi connectivity index (χ3n) is 8.07. The molecule has 0 unspecified atom stereocenters. The fourth-order valence-electron chi connectivity index (χ4n) is 7.37. The van der Waals surface area contributed by atoms with Gasteiger partial charge < -0.3 is 4.74 Å². The van der Waals surface area contributed by atoms with Gasteiger partial charge in [-0.15, -0.1) is 0 Å². The summed E-state index contributed by atoms with van der Waals surface area (Å²) in [6, 6.07) is 3.58. The van der Waals surface area contributed by atoms with Crippen LogP contribution in [0.4, 0.5) is 0 Å². The molecule has 0 heterocycles. The lowest BCUT2D eigenvalue weighted by atomic mass is 9.49. The standard InChI is InChI=1S/C23H33NO3S/c1-27-21-6-7-22(20-5-3-2-4-19(20)21)28(25,26)24-9-8-23-13-16-10-17(14-23)12-18(11-16)15-23/h6-7,16-18,24H,2-5,8-15H2,1H3. The molecule has 0 atom stereocenters. The van der Waals surface area contributed by atoms with E-state index in [-0.39, 0.29) is 0 Å². The Bertz CT molecular complexity index is 826. The number of sulfonamides is 1. The first-order valence-corrected chi connectivity index (χ1v) is 12.6. The maximum absolute atomic E-state index is 13.1. The van der Waals surface area contributed by atoms with Gasteiger partial charge in [-0.05, 0) is 117 Å². The summed E-state index contributed by atoms with van der Waals surface area (Å²) in [5, 5.41) is 0. The molecule has 5 heteroatoms. The van der Waals surface area contributed by atoms with Crippen molar-refractivity contribution in [1.82, 2.24) is 4.72 Å². The predicted octanol–water partition coefficient (Wildman–Crippen LogP) is 4.46. The zero-order valence-electron chi connectivity index (χ0n) is 17.0. The molecule has 0 aromatic heterocycles. The first-order valence-electron chi connectivity index (χ1n) is 11.2. The van der Waals surface area contributed by atoms with E-state index in [1.54, 1.807) is 13.2 Å². The van der Waals surface area contributed by atoms with Crippen molar-refractivity contribution in [1.29, 1.82) is 0 Å². The highest BCUT2D eigenvalue weighted by Gasteiger charge is 2.50. The maximum Gasteiger partial charge on any atom is 0.240 e. The van der Waals surface area contributed by atoms with Crippen molar-refractivity contribution in [3.63, 3.8) is 0 Å². The third-order valence-corrected chi connectivity index (χ3v) is 9.62. The van der Waals surface area contributed by atoms with Gasteiger partial charge in [-0.2, -0.15) is 0 Å². The van der Waals surface area contributed by atoms with Gasteiger partial charge in [0, 0.05) is 6.54 Å². The first kappa shape index (κ1) is 18.9. The van der Waals surface area contributed by atoms with Gasteiger partial charge >= 0.3 is 0 Å². The summed E-state index contributed by atoms with van der Waals surface area (Å²) in [5.41, 5.74) is 2.49. The average Bonchev–Trinajstić information content (AvgIpc) is 2.65. The van der Waals surface area contributed by atoms with Crippen molar-refractivity contribution in [3.8, 4) is 5.75 Å². The Morgan fingerprint density at radius 1 is 1.00 bits per heavy atom. The molecule has 154 valence electrons. The Morgan fingerprint density at radius 2 is 1.61 bits per heavy atom. The van der Waals surface area contributed by atoms with Crippen LogP contribution in [0.1, 0.15) is 68.9 Å². The van der Waals surface area contributed by atoms with Crippen LogP contribution in [0.2, 0.25) is 0 Å². The lowest BCUT2D eigenvalue weighted by molar-refractivity contribution is -0.0561. The summed E-state index contributed by atoms with van der Waals surface area (Å²) >= 11 is 0. The van der Waals surface area contributed by atoms with Crippen molar-refractivity contribution < 1.29 is 13.2 Å². The minimum Gasteiger partial charge on any atom is -0.496 e. The van der Waals surface area contributed by atoms with Crippen molar-refractivity contribution in [3.05, 3.63) is 23.3 Å². The SMILES string of the molecule is COc1ccc(S(=O)(=O)NCCC23CC4CC(CC(C4)C2)C3)c2c1CCCC2. The number of hydrogen-bond donors (Lipinski definition) is 1. The normalized spacial score (nSPS) is 33.7. The number of ether oxygens (including phenoxy) is 1. The second-order valence-electron chi connectivity index (χ2n) is 10.00. The Hall–Kier alpha value is -1.07. The van der Waals surface area contributed by atoms with E-state index in [1.165, 1.54) is 38.5 Å². The minimum absolute atomic E-state index is 0.413. The fourth-order valence-corrected chi connectivity index (χ4v) is 8.69. The summed E-state index contributed by atoms with van der Waals surface area (Å²) in [5.74, 6) is 3.58. The van der Waals surface area contributed by atoms with Crippen molar-refractivity contribution in [2.45, 2.75) is 75.5 Å². The van der Waals surface area contributed by atoms with E-state index in [0.29, 0.717) is 16.9 Å². The van der Waals surface area contributed by atoms with Crippen LogP contribution in [0, 0.1) is 23.2 Å². The van der Waals surface area contributed by atoms with E-state index in [0.717, 1.165) is 66.7 Å². The van der Waals surface area contributed by atoms with Crippen LogP contribution in [0.3, 0.4) is 0 Å². The van der Waals surface area contributed by atoms with Crippen molar-refractivity contribution in [2.75, 3.05) is 13.7 Å². The second-order valence-corrected chi connectivity index (χ2v) is 11.7. The first-order chi connectivity index (χ1) is 13.5. The Kier molecular flexibility index (Phi) is 4.74. The van der Waals surface area contributed by atoms with Crippen LogP contribution in [0.25, 0.3) is 0 Å². The second kappa shape index (κ2) is 7.02. The average molecular weight is 404 g/mol. The largest absolute Gasteiger partial charge is 0.496 e. The highest BCUT2D eigenvalue weighted by molar-refractivity contribution is 7.89. The Morgan fingerprint density at radius 3 is 2.21 bits per heavy atom. The zero-order valence-corrected chi connectivity index (χ0v) is 17.8. The van der Waals surface area contributed by atoms with Gasteiger partial charge in [0.1, 0.15) is 5.75 Å². The predicted molar refractivity (Wildman–Crippen MR) is 110 cm³/mol. The van der Waals surface area contributed by atoms with Gasteiger partial charge in [-0.3, -0.25) is 0 Å². The molecule has 6 rings (SSSR count). The van der Waals surface area contributed by atoms with Crippen LogP contribution in [-0.2, 0) is 22.9 Å². The van der Waals surface area contributed by atoms with Crippen LogP contribution in [-0.4, -0.2) is 22.1 Å². The van der Waals surface area contributed by atoms with Gasteiger partial charge in [-0.1, -0.05) is 0 Å².